The van der Waals surface area contributed by atoms with Crippen molar-refractivity contribution in [1.29, 1.82) is 0 Å². The smallest absolute Gasteiger partial charge is 0.251 e. The Labute approximate surface area is 204 Å². The van der Waals surface area contributed by atoms with Gasteiger partial charge in [-0.3, -0.25) is 4.79 Å². The molecule has 176 valence electrons. The van der Waals surface area contributed by atoms with Crippen molar-refractivity contribution in [3.63, 3.8) is 0 Å². The van der Waals surface area contributed by atoms with E-state index in [1.165, 1.54) is 0 Å². The van der Waals surface area contributed by atoms with Crippen molar-refractivity contribution >= 4 is 34.1 Å². The van der Waals surface area contributed by atoms with Crippen LogP contribution in [0.3, 0.4) is 0 Å². The van der Waals surface area contributed by atoms with Gasteiger partial charge in [0, 0.05) is 34.4 Å². The van der Waals surface area contributed by atoms with Crippen molar-refractivity contribution in [2.75, 3.05) is 19.5 Å². The molecule has 2 N–H and O–H groups in total. The Morgan fingerprint density at radius 3 is 2.59 bits per heavy atom. The number of hydrogen-bond donors (Lipinski definition) is 2. The summed E-state index contributed by atoms with van der Waals surface area (Å²) in [5.41, 5.74) is 2.26. The summed E-state index contributed by atoms with van der Waals surface area (Å²) in [6.45, 7) is 4.14. The van der Waals surface area contributed by atoms with Gasteiger partial charge in [0.25, 0.3) is 5.91 Å². The number of aromatic nitrogens is 1. The lowest BCUT2D eigenvalue weighted by atomic mass is 10.1. The quantitative estimate of drug-likeness (QED) is 0.290. The summed E-state index contributed by atoms with van der Waals surface area (Å²) >= 11 is 6.16. The van der Waals surface area contributed by atoms with E-state index >= 15 is 0 Å². The van der Waals surface area contributed by atoms with E-state index in [1.54, 1.807) is 32.6 Å². The summed E-state index contributed by atoms with van der Waals surface area (Å²) in [7, 11) is 3.17. The third kappa shape index (κ3) is 6.39. The Morgan fingerprint density at radius 2 is 1.85 bits per heavy atom. The fourth-order valence-electron chi connectivity index (χ4n) is 3.34. The first-order chi connectivity index (χ1) is 16.4. The third-order valence-electron chi connectivity index (χ3n) is 5.07. The first kappa shape index (κ1) is 24.9. The van der Waals surface area contributed by atoms with E-state index in [1.807, 2.05) is 68.5 Å². The van der Waals surface area contributed by atoms with Crippen LogP contribution in [0.1, 0.15) is 19.4 Å². The summed E-state index contributed by atoms with van der Waals surface area (Å²) in [6, 6.07) is 13.2. The minimum Gasteiger partial charge on any atom is -0.493 e. The molecule has 1 amide bonds. The maximum atomic E-state index is 12.8. The molecular formula is C27H28ClN3O3. The van der Waals surface area contributed by atoms with Gasteiger partial charge in [0.05, 0.1) is 14.2 Å². The number of nitrogens with zero attached hydrogens (tertiary/aromatic N) is 1. The zero-order valence-electron chi connectivity index (χ0n) is 19.7. The molecule has 0 bridgehead atoms. The Balaban J connectivity index is 1.73. The van der Waals surface area contributed by atoms with Gasteiger partial charge in [-0.15, -0.1) is 0 Å². The van der Waals surface area contributed by atoms with E-state index in [0.29, 0.717) is 34.5 Å². The van der Waals surface area contributed by atoms with E-state index in [9.17, 15) is 4.79 Å². The van der Waals surface area contributed by atoms with Crippen molar-refractivity contribution in [3.05, 3.63) is 94.8 Å². The molecule has 7 heteroatoms. The van der Waals surface area contributed by atoms with Crippen molar-refractivity contribution < 1.29 is 14.3 Å². The summed E-state index contributed by atoms with van der Waals surface area (Å²) in [4.78, 5) is 17.2. The number of methoxy groups -OCH3 is 2. The van der Waals surface area contributed by atoms with Crippen LogP contribution in [0.15, 0.2) is 84.2 Å². The molecule has 0 aliphatic rings. The van der Waals surface area contributed by atoms with Crippen LogP contribution < -0.4 is 20.1 Å². The Hall–Kier alpha value is -3.77. The van der Waals surface area contributed by atoms with Crippen LogP contribution in [0, 0.1) is 0 Å². The molecule has 0 fully saturated rings. The standard InChI is InChI=1S/C27H28ClN3O3/c1-5-6-21(27(32)30-17-19-8-12-24(33-3)25(15-19)34-4)9-7-18(2)31-26-23-16-22(28)11-10-20(23)13-14-29-26/h5-16H,17H2,1-4H3,(H,29,31)(H,30,32)/b6-5-,18-7+,21-9+. The van der Waals surface area contributed by atoms with Crippen LogP contribution in [-0.2, 0) is 11.3 Å². The van der Waals surface area contributed by atoms with Crippen LogP contribution in [0.5, 0.6) is 11.5 Å². The van der Waals surface area contributed by atoms with E-state index in [-0.39, 0.29) is 5.91 Å². The second kappa shape index (κ2) is 11.9. The van der Waals surface area contributed by atoms with Crippen molar-refractivity contribution in [3.8, 4) is 11.5 Å². The molecule has 34 heavy (non-hydrogen) atoms. The number of carbonyl (C=O) groups is 1. The largest absolute Gasteiger partial charge is 0.493 e. The monoisotopic (exact) mass is 477 g/mol. The molecule has 0 aliphatic heterocycles. The van der Waals surface area contributed by atoms with Crippen LogP contribution in [0.2, 0.25) is 5.02 Å². The number of halogens is 1. The SMILES string of the molecule is C\C=C/C(=C\C=C(/C)Nc1nccc2ccc(Cl)cc12)C(=O)NCc1ccc(OC)c(OC)c1. The van der Waals surface area contributed by atoms with Crippen molar-refractivity contribution in [1.82, 2.24) is 10.3 Å². The number of carbonyl (C=O) groups excluding carboxylic acids is 1. The second-order valence-electron chi connectivity index (χ2n) is 7.49. The van der Waals surface area contributed by atoms with Gasteiger partial charge >= 0.3 is 0 Å². The summed E-state index contributed by atoms with van der Waals surface area (Å²) in [6.07, 6.45) is 8.95. The van der Waals surface area contributed by atoms with Crippen LogP contribution in [0.4, 0.5) is 5.82 Å². The first-order valence-corrected chi connectivity index (χ1v) is 11.1. The maximum absolute atomic E-state index is 12.8. The molecule has 0 unspecified atom stereocenters. The van der Waals surface area contributed by atoms with Gasteiger partial charge in [-0.05, 0) is 67.3 Å². The second-order valence-corrected chi connectivity index (χ2v) is 7.93. The molecule has 0 saturated carbocycles. The topological polar surface area (TPSA) is 72.5 Å². The Morgan fingerprint density at radius 1 is 1.06 bits per heavy atom. The average molecular weight is 478 g/mol. The van der Waals surface area contributed by atoms with Crippen LogP contribution in [-0.4, -0.2) is 25.1 Å². The number of anilines is 1. The molecule has 0 radical (unpaired) electrons. The van der Waals surface area contributed by atoms with E-state index in [0.717, 1.165) is 22.0 Å². The number of benzene rings is 2. The summed E-state index contributed by atoms with van der Waals surface area (Å²) < 4.78 is 10.6. The minimum absolute atomic E-state index is 0.188. The number of pyridine rings is 1. The summed E-state index contributed by atoms with van der Waals surface area (Å²) in [5, 5.41) is 8.85. The fraction of sp³-hybridized carbons (Fsp3) is 0.185. The van der Waals surface area contributed by atoms with Crippen molar-refractivity contribution in [2.24, 2.45) is 0 Å². The van der Waals surface area contributed by atoms with Gasteiger partial charge in [0.15, 0.2) is 11.5 Å². The average Bonchev–Trinajstić information content (AvgIpc) is 2.85. The molecule has 0 spiro atoms. The highest BCUT2D eigenvalue weighted by Crippen LogP contribution is 2.27. The van der Waals surface area contributed by atoms with Gasteiger partial charge in [0.2, 0.25) is 0 Å². The number of fused-ring (bicyclic) bond motifs is 1. The third-order valence-corrected chi connectivity index (χ3v) is 5.30. The van der Waals surface area contributed by atoms with Crippen molar-refractivity contribution in [2.45, 2.75) is 20.4 Å². The zero-order valence-corrected chi connectivity index (χ0v) is 20.4. The molecule has 0 saturated heterocycles. The fourth-order valence-corrected chi connectivity index (χ4v) is 3.52. The van der Waals surface area contributed by atoms with Gasteiger partial charge in [-0.2, -0.15) is 0 Å². The normalized spacial score (nSPS) is 12.1. The molecule has 1 aromatic heterocycles. The van der Waals surface area contributed by atoms with E-state index in [2.05, 4.69) is 15.6 Å². The first-order valence-electron chi connectivity index (χ1n) is 10.8. The lowest BCUT2D eigenvalue weighted by Crippen LogP contribution is -2.23. The summed E-state index contributed by atoms with van der Waals surface area (Å²) in [5.74, 6) is 1.77. The molecule has 6 nitrogen and oxygen atoms in total. The molecule has 1 heterocycles. The zero-order chi connectivity index (χ0) is 24.5. The Kier molecular flexibility index (Phi) is 8.71. The number of amides is 1. The number of nitrogens with one attached hydrogen (secondary N) is 2. The van der Waals surface area contributed by atoms with E-state index in [4.69, 9.17) is 21.1 Å². The number of allylic oxidation sites excluding steroid dienone is 4. The number of ether oxygens (including phenoxy) is 2. The minimum atomic E-state index is -0.188. The lowest BCUT2D eigenvalue weighted by molar-refractivity contribution is -0.117. The highest BCUT2D eigenvalue weighted by molar-refractivity contribution is 6.31. The maximum Gasteiger partial charge on any atom is 0.251 e. The molecule has 3 aromatic rings. The molecule has 0 aliphatic carbocycles. The molecule has 2 aromatic carbocycles. The predicted molar refractivity (Wildman–Crippen MR) is 138 cm³/mol. The highest BCUT2D eigenvalue weighted by Gasteiger charge is 2.09. The molecule has 3 rings (SSSR count). The molecule has 0 atom stereocenters. The van der Waals surface area contributed by atoms with Crippen LogP contribution in [0.25, 0.3) is 10.8 Å². The van der Waals surface area contributed by atoms with E-state index < -0.39 is 0 Å². The number of rotatable bonds is 9. The van der Waals surface area contributed by atoms with Gasteiger partial charge in [0.1, 0.15) is 5.82 Å². The van der Waals surface area contributed by atoms with Gasteiger partial charge in [-0.25, -0.2) is 4.98 Å². The molecular weight excluding hydrogens is 450 g/mol. The van der Waals surface area contributed by atoms with Gasteiger partial charge in [-0.1, -0.05) is 35.9 Å². The highest BCUT2D eigenvalue weighted by atomic mass is 35.5. The lowest BCUT2D eigenvalue weighted by Gasteiger charge is -2.11. The van der Waals surface area contributed by atoms with Crippen LogP contribution >= 0.6 is 11.6 Å². The van der Waals surface area contributed by atoms with Gasteiger partial charge < -0.3 is 20.1 Å². The number of hydrogen-bond acceptors (Lipinski definition) is 5. The predicted octanol–water partition coefficient (Wildman–Crippen LogP) is 6.04. The Bertz CT molecular complexity index is 1270.